The molecule has 0 radical (unpaired) electrons. The Hall–Kier alpha value is -2.04. The van der Waals surface area contributed by atoms with Gasteiger partial charge in [-0.15, -0.1) is 0 Å². The number of hydrogen-bond acceptors (Lipinski definition) is 4. The number of ether oxygens (including phenoxy) is 2. The molecule has 2 N–H and O–H groups in total. The molecular formula is C26H36O4. The van der Waals surface area contributed by atoms with Crippen molar-refractivity contribution in [2.24, 2.45) is 0 Å². The minimum Gasteiger partial charge on any atom is -0.497 e. The van der Waals surface area contributed by atoms with Gasteiger partial charge in [-0.1, -0.05) is 75.6 Å². The zero-order valence-electron chi connectivity index (χ0n) is 18.4. The van der Waals surface area contributed by atoms with E-state index >= 15 is 0 Å². The molecule has 1 aliphatic carbocycles. The van der Waals surface area contributed by atoms with E-state index in [1.165, 1.54) is 25.7 Å². The molecule has 4 heteroatoms. The number of methoxy groups -OCH3 is 2. The summed E-state index contributed by atoms with van der Waals surface area (Å²) in [6.07, 6.45) is 9.78. The summed E-state index contributed by atoms with van der Waals surface area (Å²) in [5.74, 6) is 1.48. The van der Waals surface area contributed by atoms with Gasteiger partial charge >= 0.3 is 0 Å². The third-order valence-electron chi connectivity index (χ3n) is 6.65. The number of hydrogen-bond donors (Lipinski definition) is 2. The van der Waals surface area contributed by atoms with Gasteiger partial charge in [0.15, 0.2) is 0 Å². The molecular weight excluding hydrogens is 376 g/mol. The first-order valence-electron chi connectivity index (χ1n) is 11.3. The Kier molecular flexibility index (Phi) is 7.79. The SMILES string of the molecule is COc1ccc([C@@]2(O)CCCCCCCCCC[C@]2(O)c2ccc(OC)cc2)cc1. The Bertz CT molecular complexity index is 703. The third kappa shape index (κ3) is 4.81. The molecule has 0 aromatic heterocycles. The molecule has 164 valence electrons. The lowest BCUT2D eigenvalue weighted by molar-refractivity contribution is -0.176. The second kappa shape index (κ2) is 10.3. The van der Waals surface area contributed by atoms with Crippen LogP contribution < -0.4 is 9.47 Å². The zero-order valence-corrected chi connectivity index (χ0v) is 18.4. The zero-order chi connectivity index (χ0) is 21.5. The van der Waals surface area contributed by atoms with Crippen molar-refractivity contribution in [1.82, 2.24) is 0 Å². The predicted octanol–water partition coefficient (Wildman–Crippen LogP) is 5.69. The number of benzene rings is 2. The van der Waals surface area contributed by atoms with Gasteiger partial charge in [0.1, 0.15) is 22.7 Å². The fourth-order valence-corrected chi connectivity index (χ4v) is 4.74. The molecule has 0 unspecified atom stereocenters. The molecule has 0 aliphatic heterocycles. The van der Waals surface area contributed by atoms with Crippen molar-refractivity contribution in [3.8, 4) is 11.5 Å². The summed E-state index contributed by atoms with van der Waals surface area (Å²) in [6, 6.07) is 15.0. The lowest BCUT2D eigenvalue weighted by atomic mass is 9.68. The van der Waals surface area contributed by atoms with Gasteiger partial charge in [-0.2, -0.15) is 0 Å². The highest BCUT2D eigenvalue weighted by Crippen LogP contribution is 2.48. The van der Waals surface area contributed by atoms with E-state index in [-0.39, 0.29) is 0 Å². The van der Waals surface area contributed by atoms with E-state index in [0.29, 0.717) is 12.8 Å². The molecule has 0 bridgehead atoms. The van der Waals surface area contributed by atoms with Crippen LogP contribution in [0.15, 0.2) is 48.5 Å². The molecule has 0 heterocycles. The minimum atomic E-state index is -1.38. The summed E-state index contributed by atoms with van der Waals surface area (Å²) in [5.41, 5.74) is -1.29. The third-order valence-corrected chi connectivity index (χ3v) is 6.65. The second-order valence-corrected chi connectivity index (χ2v) is 8.51. The first kappa shape index (κ1) is 22.6. The van der Waals surface area contributed by atoms with Gasteiger partial charge in [0.05, 0.1) is 14.2 Å². The van der Waals surface area contributed by atoms with Gasteiger partial charge < -0.3 is 19.7 Å². The van der Waals surface area contributed by atoms with Crippen molar-refractivity contribution < 1.29 is 19.7 Å². The lowest BCUT2D eigenvalue weighted by Crippen LogP contribution is -2.49. The van der Waals surface area contributed by atoms with E-state index in [9.17, 15) is 10.2 Å². The molecule has 0 amide bonds. The molecule has 0 saturated heterocycles. The highest BCUT2D eigenvalue weighted by atomic mass is 16.5. The van der Waals surface area contributed by atoms with Gasteiger partial charge in [0, 0.05) is 0 Å². The standard InChI is InChI=1S/C26H36O4/c1-29-23-15-11-21(12-16-23)25(27)19-9-7-5-3-4-6-8-10-20-26(25,28)22-13-17-24(30-2)18-14-22/h11-18,27-28H,3-10,19-20H2,1-2H3/t25-,26-/m0/s1. The van der Waals surface area contributed by atoms with E-state index in [4.69, 9.17) is 9.47 Å². The monoisotopic (exact) mass is 412 g/mol. The van der Waals surface area contributed by atoms with Gasteiger partial charge in [-0.25, -0.2) is 0 Å². The van der Waals surface area contributed by atoms with Crippen molar-refractivity contribution >= 4 is 0 Å². The molecule has 2 aromatic carbocycles. The fraction of sp³-hybridized carbons (Fsp3) is 0.538. The van der Waals surface area contributed by atoms with Crippen molar-refractivity contribution in [2.45, 2.75) is 75.4 Å². The van der Waals surface area contributed by atoms with E-state index < -0.39 is 11.2 Å². The maximum absolute atomic E-state index is 12.2. The maximum atomic E-state index is 12.2. The summed E-state index contributed by atoms with van der Waals surface area (Å²) in [4.78, 5) is 0. The van der Waals surface area contributed by atoms with Crippen LogP contribution in [0.5, 0.6) is 11.5 Å². The fourth-order valence-electron chi connectivity index (χ4n) is 4.74. The summed E-state index contributed by atoms with van der Waals surface area (Å²) in [6.45, 7) is 0. The molecule has 1 aliphatic rings. The van der Waals surface area contributed by atoms with Crippen LogP contribution in [0.2, 0.25) is 0 Å². The van der Waals surface area contributed by atoms with Crippen LogP contribution in [0.3, 0.4) is 0 Å². The molecule has 2 atom stereocenters. The molecule has 1 saturated carbocycles. The van der Waals surface area contributed by atoms with Crippen molar-refractivity contribution in [2.75, 3.05) is 14.2 Å². The van der Waals surface area contributed by atoms with Gasteiger partial charge in [-0.3, -0.25) is 0 Å². The van der Waals surface area contributed by atoms with Crippen LogP contribution in [-0.2, 0) is 11.2 Å². The Morgan fingerprint density at radius 2 is 0.833 bits per heavy atom. The number of rotatable bonds is 4. The Labute approximate surface area is 180 Å². The van der Waals surface area contributed by atoms with Crippen LogP contribution >= 0.6 is 0 Å². The smallest absolute Gasteiger partial charge is 0.122 e. The summed E-state index contributed by atoms with van der Waals surface area (Å²) in [7, 11) is 3.26. The predicted molar refractivity (Wildman–Crippen MR) is 120 cm³/mol. The first-order valence-corrected chi connectivity index (χ1v) is 11.3. The van der Waals surface area contributed by atoms with E-state index in [1.807, 2.05) is 48.5 Å². The average Bonchev–Trinajstić information content (AvgIpc) is 2.79. The summed E-state index contributed by atoms with van der Waals surface area (Å²) in [5, 5.41) is 24.3. The lowest BCUT2D eigenvalue weighted by Gasteiger charge is -2.45. The van der Waals surface area contributed by atoms with Gasteiger partial charge in [0.25, 0.3) is 0 Å². The highest BCUT2D eigenvalue weighted by Gasteiger charge is 2.50. The van der Waals surface area contributed by atoms with Crippen LogP contribution in [0.1, 0.15) is 75.3 Å². The summed E-state index contributed by atoms with van der Waals surface area (Å²) < 4.78 is 10.6. The van der Waals surface area contributed by atoms with Crippen LogP contribution in [0.4, 0.5) is 0 Å². The minimum absolute atomic E-state index is 0.516. The van der Waals surface area contributed by atoms with Crippen LogP contribution in [-0.4, -0.2) is 24.4 Å². The first-order chi connectivity index (χ1) is 14.5. The molecule has 4 nitrogen and oxygen atoms in total. The molecule has 0 spiro atoms. The Balaban J connectivity index is 2.06. The van der Waals surface area contributed by atoms with E-state index in [0.717, 1.165) is 48.3 Å². The topological polar surface area (TPSA) is 58.9 Å². The Morgan fingerprint density at radius 3 is 1.13 bits per heavy atom. The summed E-state index contributed by atoms with van der Waals surface area (Å²) >= 11 is 0. The van der Waals surface area contributed by atoms with Crippen LogP contribution in [0.25, 0.3) is 0 Å². The van der Waals surface area contributed by atoms with Crippen molar-refractivity contribution in [3.05, 3.63) is 59.7 Å². The van der Waals surface area contributed by atoms with Crippen molar-refractivity contribution in [3.63, 3.8) is 0 Å². The van der Waals surface area contributed by atoms with E-state index in [1.54, 1.807) is 14.2 Å². The highest BCUT2D eigenvalue weighted by molar-refractivity contribution is 5.39. The number of aliphatic hydroxyl groups is 2. The molecule has 2 aromatic rings. The van der Waals surface area contributed by atoms with Gasteiger partial charge in [0.2, 0.25) is 0 Å². The average molecular weight is 413 g/mol. The molecule has 30 heavy (non-hydrogen) atoms. The molecule has 1 fully saturated rings. The van der Waals surface area contributed by atoms with Gasteiger partial charge in [-0.05, 0) is 48.2 Å². The maximum Gasteiger partial charge on any atom is 0.122 e. The molecule has 3 rings (SSSR count). The van der Waals surface area contributed by atoms with E-state index in [2.05, 4.69) is 0 Å². The Morgan fingerprint density at radius 1 is 0.533 bits per heavy atom. The largest absolute Gasteiger partial charge is 0.497 e. The van der Waals surface area contributed by atoms with Crippen LogP contribution in [0, 0.1) is 0 Å². The second-order valence-electron chi connectivity index (χ2n) is 8.51. The normalized spacial score (nSPS) is 26.3. The van der Waals surface area contributed by atoms with Crippen molar-refractivity contribution in [1.29, 1.82) is 0 Å². The quantitative estimate of drug-likeness (QED) is 0.677.